The molecule has 124 valence electrons. The average Bonchev–Trinajstić information content (AvgIpc) is 3.20. The molecule has 1 saturated carbocycles. The van der Waals surface area contributed by atoms with Gasteiger partial charge in [-0.05, 0) is 47.5 Å². The number of aromatic nitrogens is 6. The van der Waals surface area contributed by atoms with E-state index in [-0.39, 0.29) is 0 Å². The molecule has 0 amide bonds. The van der Waals surface area contributed by atoms with Crippen LogP contribution in [0, 0.1) is 6.92 Å². The first-order valence-electron chi connectivity index (χ1n) is 8.04. The highest BCUT2D eigenvalue weighted by molar-refractivity contribution is 7.99. The Labute approximate surface area is 152 Å². The van der Waals surface area contributed by atoms with E-state index in [0.717, 1.165) is 38.8 Å². The second-order valence-electron chi connectivity index (χ2n) is 6.11. The fraction of sp³-hybridized carbons (Fsp3) is 0.235. The Hall–Kier alpha value is -2.32. The molecule has 0 aliphatic heterocycles. The molecule has 1 aromatic carbocycles. The largest absolute Gasteiger partial charge is 0.229 e. The van der Waals surface area contributed by atoms with Crippen LogP contribution >= 0.6 is 23.1 Å². The van der Waals surface area contributed by atoms with Crippen LogP contribution in [0.2, 0.25) is 0 Å². The second kappa shape index (κ2) is 5.89. The Kier molecular flexibility index (Phi) is 3.53. The Balaban J connectivity index is 1.62. The van der Waals surface area contributed by atoms with E-state index in [2.05, 4.69) is 62.1 Å². The maximum atomic E-state index is 4.53. The summed E-state index contributed by atoms with van der Waals surface area (Å²) in [6.07, 6.45) is 3.90. The van der Waals surface area contributed by atoms with E-state index >= 15 is 0 Å². The topological polar surface area (TPSA) is 69.4 Å². The van der Waals surface area contributed by atoms with E-state index in [9.17, 15) is 0 Å². The van der Waals surface area contributed by atoms with Crippen LogP contribution in [0.1, 0.15) is 24.4 Å². The van der Waals surface area contributed by atoms with Gasteiger partial charge in [0.05, 0.1) is 11.4 Å². The van der Waals surface area contributed by atoms with Gasteiger partial charge in [0, 0.05) is 10.9 Å². The molecule has 6 nitrogen and oxygen atoms in total. The fourth-order valence-electron chi connectivity index (χ4n) is 2.76. The van der Waals surface area contributed by atoms with Crippen LogP contribution in [0.25, 0.3) is 21.3 Å². The Bertz CT molecular complexity index is 1050. The molecular formula is C17H14N6S2. The van der Waals surface area contributed by atoms with Crippen molar-refractivity contribution in [2.75, 3.05) is 0 Å². The van der Waals surface area contributed by atoms with Crippen molar-refractivity contribution in [2.24, 2.45) is 0 Å². The Morgan fingerprint density at radius 3 is 2.80 bits per heavy atom. The van der Waals surface area contributed by atoms with Gasteiger partial charge in [0.2, 0.25) is 5.16 Å². The third-order valence-electron chi connectivity index (χ3n) is 4.24. The van der Waals surface area contributed by atoms with Crippen LogP contribution in [0.15, 0.2) is 46.2 Å². The van der Waals surface area contributed by atoms with Gasteiger partial charge < -0.3 is 0 Å². The average molecular weight is 366 g/mol. The molecule has 0 atom stereocenters. The number of nitrogens with zero attached hydrogens (tertiary/aromatic N) is 6. The quantitative estimate of drug-likeness (QED) is 0.506. The van der Waals surface area contributed by atoms with Crippen LogP contribution < -0.4 is 0 Å². The van der Waals surface area contributed by atoms with Gasteiger partial charge in [0.25, 0.3) is 0 Å². The summed E-state index contributed by atoms with van der Waals surface area (Å²) in [5.74, 6) is 0. The predicted molar refractivity (Wildman–Crippen MR) is 97.8 cm³/mol. The number of rotatable bonds is 4. The Morgan fingerprint density at radius 1 is 1.16 bits per heavy atom. The van der Waals surface area contributed by atoms with Gasteiger partial charge in [0.15, 0.2) is 0 Å². The van der Waals surface area contributed by atoms with Gasteiger partial charge in [-0.2, -0.15) is 0 Å². The summed E-state index contributed by atoms with van der Waals surface area (Å²) < 4.78 is 1.91. The molecule has 1 aliphatic rings. The lowest BCUT2D eigenvalue weighted by atomic mass is 10.1. The molecular weight excluding hydrogens is 352 g/mol. The first-order valence-corrected chi connectivity index (χ1v) is 9.74. The smallest absolute Gasteiger partial charge is 0.215 e. The lowest BCUT2D eigenvalue weighted by Crippen LogP contribution is -1.99. The summed E-state index contributed by atoms with van der Waals surface area (Å²) in [5.41, 5.74) is 3.58. The number of thiophene rings is 1. The molecule has 8 heteroatoms. The summed E-state index contributed by atoms with van der Waals surface area (Å²) >= 11 is 3.16. The third-order valence-corrected chi connectivity index (χ3v) is 6.08. The fourth-order valence-corrected chi connectivity index (χ4v) is 4.68. The highest BCUT2D eigenvalue weighted by atomic mass is 32.2. The summed E-state index contributed by atoms with van der Waals surface area (Å²) in [6, 6.07) is 8.99. The van der Waals surface area contributed by atoms with Gasteiger partial charge in [-0.15, -0.1) is 16.4 Å². The zero-order valence-corrected chi connectivity index (χ0v) is 15.1. The number of fused-ring (bicyclic) bond motifs is 1. The lowest BCUT2D eigenvalue weighted by Gasteiger charge is -2.05. The minimum atomic E-state index is 0.439. The van der Waals surface area contributed by atoms with E-state index < -0.39 is 0 Å². The number of hydrogen-bond acceptors (Lipinski definition) is 7. The minimum absolute atomic E-state index is 0.439. The Morgan fingerprint density at radius 2 is 2.00 bits per heavy atom. The molecule has 1 fully saturated rings. The van der Waals surface area contributed by atoms with E-state index in [0.29, 0.717) is 6.04 Å². The van der Waals surface area contributed by atoms with Crippen molar-refractivity contribution in [1.29, 1.82) is 0 Å². The summed E-state index contributed by atoms with van der Waals surface area (Å²) in [7, 11) is 0. The third kappa shape index (κ3) is 2.71. The van der Waals surface area contributed by atoms with Crippen molar-refractivity contribution in [2.45, 2.75) is 36.0 Å². The van der Waals surface area contributed by atoms with Crippen molar-refractivity contribution in [3.05, 3.63) is 41.5 Å². The second-order valence-corrected chi connectivity index (χ2v) is 7.93. The molecule has 0 unspecified atom stereocenters. The molecule has 3 aromatic heterocycles. The zero-order chi connectivity index (χ0) is 16.8. The summed E-state index contributed by atoms with van der Waals surface area (Å²) in [6.45, 7) is 2.09. The van der Waals surface area contributed by atoms with Crippen molar-refractivity contribution in [1.82, 2.24) is 30.2 Å². The maximum absolute atomic E-state index is 4.53. The van der Waals surface area contributed by atoms with Crippen molar-refractivity contribution in [3.8, 4) is 11.1 Å². The van der Waals surface area contributed by atoms with E-state index in [1.165, 1.54) is 22.9 Å². The summed E-state index contributed by atoms with van der Waals surface area (Å²) in [5, 5.41) is 17.1. The standard InChI is InChI=1S/C17H14N6S2/c1-10-2-4-11(5-3-10)13-8-24-15-14(13)16(19-9-18-15)25-17-20-21-22-23(17)12-6-7-12/h2-5,8-9,12H,6-7H2,1H3. The molecule has 25 heavy (non-hydrogen) atoms. The van der Waals surface area contributed by atoms with Gasteiger partial charge in [0.1, 0.15) is 16.2 Å². The molecule has 5 rings (SSSR count). The van der Waals surface area contributed by atoms with Gasteiger partial charge in [-0.1, -0.05) is 29.8 Å². The maximum Gasteiger partial charge on any atom is 0.215 e. The van der Waals surface area contributed by atoms with Crippen LogP contribution in [0.4, 0.5) is 0 Å². The SMILES string of the molecule is Cc1ccc(-c2csc3ncnc(Sc4nnnn4C4CC4)c23)cc1. The number of tetrazole rings is 1. The summed E-state index contributed by atoms with van der Waals surface area (Å²) in [4.78, 5) is 9.95. The molecule has 4 aromatic rings. The van der Waals surface area contributed by atoms with Crippen LogP contribution in [-0.4, -0.2) is 30.2 Å². The molecule has 0 saturated heterocycles. The van der Waals surface area contributed by atoms with Crippen LogP contribution in [-0.2, 0) is 0 Å². The lowest BCUT2D eigenvalue weighted by molar-refractivity contribution is 0.565. The highest BCUT2D eigenvalue weighted by Crippen LogP contribution is 2.42. The van der Waals surface area contributed by atoms with E-state index in [4.69, 9.17) is 0 Å². The van der Waals surface area contributed by atoms with Crippen molar-refractivity contribution in [3.63, 3.8) is 0 Å². The van der Waals surface area contributed by atoms with Crippen molar-refractivity contribution >= 4 is 33.3 Å². The molecule has 0 spiro atoms. The molecule has 0 bridgehead atoms. The first-order chi connectivity index (χ1) is 12.3. The predicted octanol–water partition coefficient (Wildman–Crippen LogP) is 4.14. The van der Waals surface area contributed by atoms with E-state index in [1.807, 2.05) is 4.68 Å². The number of benzene rings is 1. The van der Waals surface area contributed by atoms with Crippen molar-refractivity contribution < 1.29 is 0 Å². The molecule has 3 heterocycles. The highest BCUT2D eigenvalue weighted by Gasteiger charge is 2.28. The van der Waals surface area contributed by atoms with Crippen LogP contribution in [0.5, 0.6) is 0 Å². The van der Waals surface area contributed by atoms with Crippen LogP contribution in [0.3, 0.4) is 0 Å². The van der Waals surface area contributed by atoms with Gasteiger partial charge in [-0.3, -0.25) is 0 Å². The monoisotopic (exact) mass is 366 g/mol. The first kappa shape index (κ1) is 15.0. The number of aryl methyl sites for hydroxylation is 1. The number of hydrogen-bond donors (Lipinski definition) is 0. The normalized spacial score (nSPS) is 14.3. The zero-order valence-electron chi connectivity index (χ0n) is 13.5. The molecule has 0 radical (unpaired) electrons. The van der Waals surface area contributed by atoms with Gasteiger partial charge in [-0.25, -0.2) is 14.6 Å². The van der Waals surface area contributed by atoms with Gasteiger partial charge >= 0.3 is 0 Å². The minimum Gasteiger partial charge on any atom is -0.229 e. The van der Waals surface area contributed by atoms with E-state index in [1.54, 1.807) is 17.7 Å². The molecule has 0 N–H and O–H groups in total. The molecule has 1 aliphatic carbocycles.